The van der Waals surface area contributed by atoms with E-state index in [1.807, 2.05) is 0 Å². The highest BCUT2D eigenvalue weighted by Gasteiger charge is 2.43. The molecular weight excluding hydrogens is 208 g/mol. The summed E-state index contributed by atoms with van der Waals surface area (Å²) in [6, 6.07) is 0. The zero-order chi connectivity index (χ0) is 12.5. The van der Waals surface area contributed by atoms with Gasteiger partial charge in [0.05, 0.1) is 5.60 Å². The van der Waals surface area contributed by atoms with Crippen molar-refractivity contribution in [3.63, 3.8) is 0 Å². The van der Waals surface area contributed by atoms with Crippen LogP contribution in [-0.4, -0.2) is 10.7 Å². The first-order valence-corrected chi connectivity index (χ1v) is 7.70. The largest absolute Gasteiger partial charge is 0.390 e. The van der Waals surface area contributed by atoms with Crippen LogP contribution in [0, 0.1) is 17.3 Å². The molecule has 0 aromatic heterocycles. The fourth-order valence-corrected chi connectivity index (χ4v) is 4.06. The molecule has 0 aromatic rings. The quantitative estimate of drug-likeness (QED) is 0.765. The lowest BCUT2D eigenvalue weighted by atomic mass is 9.64. The Bertz CT molecular complexity index is 242. The van der Waals surface area contributed by atoms with Crippen molar-refractivity contribution in [1.82, 2.24) is 0 Å². The zero-order valence-electron chi connectivity index (χ0n) is 12.0. The third kappa shape index (κ3) is 2.70. The second-order valence-corrected chi connectivity index (χ2v) is 7.20. The summed E-state index contributed by atoms with van der Waals surface area (Å²) in [6.45, 7) is 7.10. The lowest BCUT2D eigenvalue weighted by Crippen LogP contribution is -2.42. The van der Waals surface area contributed by atoms with Gasteiger partial charge in [-0.1, -0.05) is 40.0 Å². The second-order valence-electron chi connectivity index (χ2n) is 7.20. The minimum atomic E-state index is -0.295. The first-order valence-electron chi connectivity index (χ1n) is 7.70. The van der Waals surface area contributed by atoms with E-state index in [1.165, 1.54) is 44.9 Å². The Morgan fingerprint density at radius 2 is 1.59 bits per heavy atom. The molecule has 0 aromatic carbocycles. The molecule has 0 amide bonds. The van der Waals surface area contributed by atoms with Gasteiger partial charge in [0.1, 0.15) is 0 Å². The monoisotopic (exact) mass is 238 g/mol. The fraction of sp³-hybridized carbons (Fsp3) is 1.00. The van der Waals surface area contributed by atoms with Gasteiger partial charge >= 0.3 is 0 Å². The van der Waals surface area contributed by atoms with Gasteiger partial charge in [0.2, 0.25) is 0 Å². The van der Waals surface area contributed by atoms with Gasteiger partial charge in [0.15, 0.2) is 0 Å². The van der Waals surface area contributed by atoms with E-state index >= 15 is 0 Å². The van der Waals surface area contributed by atoms with Crippen LogP contribution < -0.4 is 0 Å². The van der Waals surface area contributed by atoms with Gasteiger partial charge in [0.25, 0.3) is 0 Å². The number of rotatable bonds is 3. The third-order valence-corrected chi connectivity index (χ3v) is 5.98. The van der Waals surface area contributed by atoms with Gasteiger partial charge in [-0.25, -0.2) is 0 Å². The van der Waals surface area contributed by atoms with Gasteiger partial charge in [-0.2, -0.15) is 0 Å². The van der Waals surface area contributed by atoms with Crippen LogP contribution in [0.2, 0.25) is 0 Å². The van der Waals surface area contributed by atoms with Crippen molar-refractivity contribution >= 4 is 0 Å². The lowest BCUT2D eigenvalue weighted by molar-refractivity contribution is -0.0699. The normalized spacial score (nSPS) is 36.4. The van der Waals surface area contributed by atoms with Crippen molar-refractivity contribution in [2.75, 3.05) is 0 Å². The standard InChI is InChI=1S/C16H30O/c1-4-15(2,3)13-9-11-16(17,12-10-13)14-7-5-6-8-14/h13-14,17H,4-12H2,1-3H3. The summed E-state index contributed by atoms with van der Waals surface area (Å²) in [5, 5.41) is 10.8. The smallest absolute Gasteiger partial charge is 0.0676 e. The minimum absolute atomic E-state index is 0.295. The Morgan fingerprint density at radius 3 is 2.06 bits per heavy atom. The summed E-state index contributed by atoms with van der Waals surface area (Å²) in [4.78, 5) is 0. The number of hydrogen-bond acceptors (Lipinski definition) is 1. The van der Waals surface area contributed by atoms with Crippen LogP contribution in [0.5, 0.6) is 0 Å². The molecule has 1 nitrogen and oxygen atoms in total. The highest BCUT2D eigenvalue weighted by Crippen LogP contribution is 2.48. The molecule has 0 radical (unpaired) electrons. The van der Waals surface area contributed by atoms with Crippen molar-refractivity contribution < 1.29 is 5.11 Å². The second kappa shape index (κ2) is 4.91. The van der Waals surface area contributed by atoms with Crippen LogP contribution in [0.15, 0.2) is 0 Å². The van der Waals surface area contributed by atoms with Crippen LogP contribution in [0.3, 0.4) is 0 Å². The number of aliphatic hydroxyl groups is 1. The minimum Gasteiger partial charge on any atom is -0.390 e. The Balaban J connectivity index is 1.93. The van der Waals surface area contributed by atoms with Gasteiger partial charge in [0, 0.05) is 0 Å². The summed E-state index contributed by atoms with van der Waals surface area (Å²) in [5.74, 6) is 1.45. The molecule has 0 spiro atoms. The van der Waals surface area contributed by atoms with E-state index in [0.29, 0.717) is 11.3 Å². The van der Waals surface area contributed by atoms with Crippen LogP contribution in [0.1, 0.15) is 78.6 Å². The molecule has 2 aliphatic rings. The van der Waals surface area contributed by atoms with E-state index in [0.717, 1.165) is 18.8 Å². The lowest BCUT2D eigenvalue weighted by Gasteiger charge is -2.45. The van der Waals surface area contributed by atoms with Gasteiger partial charge < -0.3 is 5.11 Å². The summed E-state index contributed by atoms with van der Waals surface area (Å²) < 4.78 is 0. The Labute approximate surface area is 107 Å². The molecule has 0 saturated heterocycles. The van der Waals surface area contributed by atoms with E-state index in [2.05, 4.69) is 20.8 Å². The predicted molar refractivity (Wildman–Crippen MR) is 72.9 cm³/mol. The van der Waals surface area contributed by atoms with Gasteiger partial charge in [-0.05, 0) is 55.8 Å². The third-order valence-electron chi connectivity index (χ3n) is 5.98. The highest BCUT2D eigenvalue weighted by atomic mass is 16.3. The molecule has 100 valence electrons. The molecule has 1 N–H and O–H groups in total. The van der Waals surface area contributed by atoms with Crippen molar-refractivity contribution in [3.05, 3.63) is 0 Å². The van der Waals surface area contributed by atoms with E-state index in [1.54, 1.807) is 0 Å². The van der Waals surface area contributed by atoms with E-state index in [4.69, 9.17) is 0 Å². The predicted octanol–water partition coefficient (Wildman–Crippen LogP) is 4.53. The molecule has 17 heavy (non-hydrogen) atoms. The molecular formula is C16H30O. The van der Waals surface area contributed by atoms with E-state index in [-0.39, 0.29) is 5.60 Å². The SMILES string of the molecule is CCC(C)(C)C1CCC(O)(C2CCCC2)CC1. The maximum Gasteiger partial charge on any atom is 0.0676 e. The molecule has 2 aliphatic carbocycles. The molecule has 0 aliphatic heterocycles. The van der Waals surface area contributed by atoms with Crippen molar-refractivity contribution in [1.29, 1.82) is 0 Å². The van der Waals surface area contributed by atoms with Crippen molar-refractivity contribution in [2.45, 2.75) is 84.2 Å². The van der Waals surface area contributed by atoms with E-state index < -0.39 is 0 Å². The average molecular weight is 238 g/mol. The van der Waals surface area contributed by atoms with Crippen LogP contribution >= 0.6 is 0 Å². The van der Waals surface area contributed by atoms with E-state index in [9.17, 15) is 5.11 Å². The summed E-state index contributed by atoms with van der Waals surface area (Å²) in [5.41, 5.74) is 0.174. The van der Waals surface area contributed by atoms with Gasteiger partial charge in [-0.3, -0.25) is 0 Å². The highest BCUT2D eigenvalue weighted by molar-refractivity contribution is 4.95. The Kier molecular flexibility index (Phi) is 3.87. The first kappa shape index (κ1) is 13.4. The van der Waals surface area contributed by atoms with Crippen LogP contribution in [0.25, 0.3) is 0 Å². The molecule has 2 fully saturated rings. The van der Waals surface area contributed by atoms with Crippen LogP contribution in [0.4, 0.5) is 0 Å². The molecule has 0 heterocycles. The number of hydrogen-bond donors (Lipinski definition) is 1. The molecule has 2 saturated carbocycles. The summed E-state index contributed by atoms with van der Waals surface area (Å²) >= 11 is 0. The van der Waals surface area contributed by atoms with Gasteiger partial charge in [-0.15, -0.1) is 0 Å². The average Bonchev–Trinajstić information content (AvgIpc) is 2.84. The first-order chi connectivity index (χ1) is 7.98. The van der Waals surface area contributed by atoms with Crippen molar-refractivity contribution in [3.8, 4) is 0 Å². The Hall–Kier alpha value is -0.0400. The molecule has 1 heteroatoms. The van der Waals surface area contributed by atoms with Crippen molar-refractivity contribution in [2.24, 2.45) is 17.3 Å². The molecule has 0 unspecified atom stereocenters. The molecule has 0 bridgehead atoms. The fourth-order valence-electron chi connectivity index (χ4n) is 4.06. The molecule has 2 rings (SSSR count). The molecule has 0 atom stereocenters. The maximum absolute atomic E-state index is 10.8. The summed E-state index contributed by atoms with van der Waals surface area (Å²) in [6.07, 6.45) is 11.1. The zero-order valence-corrected chi connectivity index (χ0v) is 12.0. The summed E-state index contributed by atoms with van der Waals surface area (Å²) in [7, 11) is 0. The maximum atomic E-state index is 10.8. The van der Waals surface area contributed by atoms with Crippen LogP contribution in [-0.2, 0) is 0 Å². The Morgan fingerprint density at radius 1 is 1.06 bits per heavy atom. The topological polar surface area (TPSA) is 20.2 Å².